The van der Waals surface area contributed by atoms with E-state index in [1.54, 1.807) is 0 Å². The zero-order valence-corrected chi connectivity index (χ0v) is 16.9. The molecule has 0 bridgehead atoms. The number of rotatable bonds is 7. The maximum atomic E-state index is 11.7. The van der Waals surface area contributed by atoms with Gasteiger partial charge in [-0.1, -0.05) is 0 Å². The fourth-order valence-electron chi connectivity index (χ4n) is 3.71. The van der Waals surface area contributed by atoms with Crippen molar-refractivity contribution in [1.29, 1.82) is 0 Å². The molecule has 2 fully saturated rings. The summed E-state index contributed by atoms with van der Waals surface area (Å²) in [5.74, 6) is 2.71. The van der Waals surface area contributed by atoms with E-state index in [1.165, 1.54) is 0 Å². The van der Waals surface area contributed by atoms with Crippen molar-refractivity contribution in [1.82, 2.24) is 19.9 Å². The predicted molar refractivity (Wildman–Crippen MR) is 112 cm³/mol. The lowest BCUT2D eigenvalue weighted by Crippen LogP contribution is -2.36. The fourth-order valence-corrected chi connectivity index (χ4v) is 3.71. The minimum Gasteiger partial charge on any atom is -0.378 e. The molecule has 2 aromatic rings. The molecule has 2 aliphatic rings. The molecule has 2 aliphatic heterocycles. The van der Waals surface area contributed by atoms with E-state index in [0.717, 1.165) is 81.7 Å². The van der Waals surface area contributed by atoms with E-state index in [9.17, 15) is 4.79 Å². The SMILES string of the molecule is Cc1cc(NCCCN2CCCC2=O)nc(-c2ccc(N3CCOCC3)nc2)n1. The molecule has 1 N–H and O–H groups in total. The van der Waals surface area contributed by atoms with Gasteiger partial charge in [0, 0.05) is 62.7 Å². The van der Waals surface area contributed by atoms with E-state index >= 15 is 0 Å². The van der Waals surface area contributed by atoms with Crippen LogP contribution in [0.2, 0.25) is 0 Å². The summed E-state index contributed by atoms with van der Waals surface area (Å²) in [7, 11) is 0. The van der Waals surface area contributed by atoms with Crippen molar-refractivity contribution in [2.45, 2.75) is 26.2 Å². The zero-order valence-electron chi connectivity index (χ0n) is 16.9. The number of carbonyl (C=O) groups excluding carboxylic acids is 1. The Kier molecular flexibility index (Phi) is 6.19. The number of aromatic nitrogens is 3. The second kappa shape index (κ2) is 9.17. The third kappa shape index (κ3) is 5.00. The summed E-state index contributed by atoms with van der Waals surface area (Å²) >= 11 is 0. The van der Waals surface area contributed by atoms with Crippen LogP contribution in [-0.2, 0) is 9.53 Å². The highest BCUT2D eigenvalue weighted by Gasteiger charge is 2.19. The van der Waals surface area contributed by atoms with Crippen LogP contribution in [0.25, 0.3) is 11.4 Å². The summed E-state index contributed by atoms with van der Waals surface area (Å²) < 4.78 is 5.40. The van der Waals surface area contributed by atoms with Gasteiger partial charge in [0.05, 0.1) is 13.2 Å². The zero-order chi connectivity index (χ0) is 20.1. The molecule has 0 atom stereocenters. The average molecular weight is 396 g/mol. The maximum absolute atomic E-state index is 11.7. The van der Waals surface area contributed by atoms with Crippen LogP contribution in [0.4, 0.5) is 11.6 Å². The van der Waals surface area contributed by atoms with E-state index < -0.39 is 0 Å². The number of morpholine rings is 1. The molecule has 29 heavy (non-hydrogen) atoms. The van der Waals surface area contributed by atoms with Crippen molar-refractivity contribution >= 4 is 17.5 Å². The molecule has 1 amide bonds. The Balaban J connectivity index is 1.36. The van der Waals surface area contributed by atoms with Crippen LogP contribution in [0.1, 0.15) is 25.0 Å². The molecule has 0 spiro atoms. The first-order chi connectivity index (χ1) is 14.2. The number of hydrogen-bond acceptors (Lipinski definition) is 7. The van der Waals surface area contributed by atoms with E-state index in [0.29, 0.717) is 12.2 Å². The third-order valence-electron chi connectivity index (χ3n) is 5.28. The highest BCUT2D eigenvalue weighted by Crippen LogP contribution is 2.20. The molecule has 0 aliphatic carbocycles. The van der Waals surface area contributed by atoms with E-state index in [-0.39, 0.29) is 5.91 Å². The lowest BCUT2D eigenvalue weighted by atomic mass is 10.2. The topological polar surface area (TPSA) is 83.5 Å². The predicted octanol–water partition coefficient (Wildman–Crippen LogP) is 2.11. The summed E-state index contributed by atoms with van der Waals surface area (Å²) in [4.78, 5) is 29.7. The Hall–Kier alpha value is -2.74. The van der Waals surface area contributed by atoms with Crippen LogP contribution in [0.15, 0.2) is 24.4 Å². The molecule has 2 saturated heterocycles. The van der Waals surface area contributed by atoms with Crippen LogP contribution in [0.5, 0.6) is 0 Å². The van der Waals surface area contributed by atoms with E-state index in [4.69, 9.17) is 4.74 Å². The lowest BCUT2D eigenvalue weighted by Gasteiger charge is -2.27. The van der Waals surface area contributed by atoms with Crippen LogP contribution in [-0.4, -0.2) is 71.7 Å². The molecule has 4 heterocycles. The van der Waals surface area contributed by atoms with Crippen molar-refractivity contribution in [2.24, 2.45) is 0 Å². The fraction of sp³-hybridized carbons (Fsp3) is 0.524. The van der Waals surface area contributed by atoms with Crippen LogP contribution < -0.4 is 10.2 Å². The molecule has 0 saturated carbocycles. The number of anilines is 2. The molecule has 4 rings (SSSR count). The second-order valence-corrected chi connectivity index (χ2v) is 7.49. The van der Waals surface area contributed by atoms with Crippen LogP contribution in [0, 0.1) is 6.92 Å². The number of aryl methyl sites for hydroxylation is 1. The first-order valence-corrected chi connectivity index (χ1v) is 10.4. The van der Waals surface area contributed by atoms with Crippen molar-refractivity contribution < 1.29 is 9.53 Å². The molecule has 154 valence electrons. The number of carbonyl (C=O) groups is 1. The quantitative estimate of drug-likeness (QED) is 0.718. The van der Waals surface area contributed by atoms with E-state index in [1.807, 2.05) is 36.2 Å². The Morgan fingerprint density at radius 2 is 2.03 bits per heavy atom. The number of ether oxygens (including phenoxy) is 1. The smallest absolute Gasteiger partial charge is 0.222 e. The van der Waals surface area contributed by atoms with Gasteiger partial charge in [-0.15, -0.1) is 0 Å². The number of pyridine rings is 1. The second-order valence-electron chi connectivity index (χ2n) is 7.49. The molecular formula is C21H28N6O2. The van der Waals surface area contributed by atoms with E-state index in [2.05, 4.69) is 25.2 Å². The molecule has 8 nitrogen and oxygen atoms in total. The van der Waals surface area contributed by atoms with Gasteiger partial charge in [0.2, 0.25) is 5.91 Å². The average Bonchev–Trinajstić information content (AvgIpc) is 3.16. The summed E-state index contributed by atoms with van der Waals surface area (Å²) in [6.07, 6.45) is 4.42. The van der Waals surface area contributed by atoms with Gasteiger partial charge in [0.25, 0.3) is 0 Å². The van der Waals surface area contributed by atoms with Crippen molar-refractivity contribution in [2.75, 3.05) is 56.2 Å². The number of nitrogens with zero attached hydrogens (tertiary/aromatic N) is 5. The van der Waals surface area contributed by atoms with Crippen LogP contribution >= 0.6 is 0 Å². The minimum atomic E-state index is 0.276. The third-order valence-corrected chi connectivity index (χ3v) is 5.28. The van der Waals surface area contributed by atoms with Gasteiger partial charge in [-0.25, -0.2) is 15.0 Å². The Morgan fingerprint density at radius 3 is 2.76 bits per heavy atom. The first kappa shape index (κ1) is 19.6. The van der Waals surface area contributed by atoms with Gasteiger partial charge >= 0.3 is 0 Å². The van der Waals surface area contributed by atoms with Gasteiger partial charge in [0.15, 0.2) is 5.82 Å². The van der Waals surface area contributed by atoms with Crippen molar-refractivity contribution in [3.63, 3.8) is 0 Å². The molecular weight excluding hydrogens is 368 g/mol. The largest absolute Gasteiger partial charge is 0.378 e. The number of amides is 1. The van der Waals surface area contributed by atoms with Gasteiger partial charge < -0.3 is 19.9 Å². The number of nitrogens with one attached hydrogen (secondary N) is 1. The molecule has 0 radical (unpaired) electrons. The molecule has 8 heteroatoms. The minimum absolute atomic E-state index is 0.276. The van der Waals surface area contributed by atoms with Gasteiger partial charge in [-0.2, -0.15) is 0 Å². The summed E-state index contributed by atoms with van der Waals surface area (Å²) in [5, 5.41) is 3.37. The molecule has 0 unspecified atom stereocenters. The Labute approximate surface area is 171 Å². The van der Waals surface area contributed by atoms with Gasteiger partial charge in [0.1, 0.15) is 11.6 Å². The highest BCUT2D eigenvalue weighted by molar-refractivity contribution is 5.78. The maximum Gasteiger partial charge on any atom is 0.222 e. The standard InChI is InChI=1S/C21H28N6O2/c1-16-14-18(22-7-3-9-27-8-2-4-20(27)28)25-21(24-16)17-5-6-19(23-15-17)26-10-12-29-13-11-26/h5-6,14-15H,2-4,7-13H2,1H3,(H,22,24,25). The van der Waals surface area contributed by atoms with Gasteiger partial charge in [-0.3, -0.25) is 4.79 Å². The summed E-state index contributed by atoms with van der Waals surface area (Å²) in [5.41, 5.74) is 1.81. The monoisotopic (exact) mass is 396 g/mol. The number of likely N-dealkylation sites (tertiary alicyclic amines) is 1. The van der Waals surface area contributed by atoms with Crippen molar-refractivity contribution in [3.8, 4) is 11.4 Å². The summed E-state index contributed by atoms with van der Waals surface area (Å²) in [6, 6.07) is 5.99. The lowest BCUT2D eigenvalue weighted by molar-refractivity contribution is -0.127. The number of hydrogen-bond donors (Lipinski definition) is 1. The first-order valence-electron chi connectivity index (χ1n) is 10.4. The van der Waals surface area contributed by atoms with Crippen LogP contribution in [0.3, 0.4) is 0 Å². The Bertz CT molecular complexity index is 836. The molecule has 2 aromatic heterocycles. The molecule has 0 aromatic carbocycles. The summed E-state index contributed by atoms with van der Waals surface area (Å²) in [6.45, 7) is 7.65. The van der Waals surface area contributed by atoms with Crippen molar-refractivity contribution in [3.05, 3.63) is 30.1 Å². The normalized spacial score (nSPS) is 17.1. The highest BCUT2D eigenvalue weighted by atomic mass is 16.5. The Morgan fingerprint density at radius 1 is 1.17 bits per heavy atom. The van der Waals surface area contributed by atoms with Gasteiger partial charge in [-0.05, 0) is 31.9 Å².